The van der Waals surface area contributed by atoms with Gasteiger partial charge in [-0.05, 0) is 48.7 Å². The number of halogens is 3. The lowest BCUT2D eigenvalue weighted by atomic mass is 9.83. The average molecular weight is 468 g/mol. The molecule has 1 unspecified atom stereocenters. The molecule has 2 aliphatic rings. The number of ketones is 1. The predicted octanol–water partition coefficient (Wildman–Crippen LogP) is 4.91. The Morgan fingerprint density at radius 2 is 1.82 bits per heavy atom. The number of nitriles is 1. The van der Waals surface area contributed by atoms with Crippen molar-refractivity contribution in [3.05, 3.63) is 76.5 Å². The summed E-state index contributed by atoms with van der Waals surface area (Å²) >= 11 is 0. The van der Waals surface area contributed by atoms with Crippen LogP contribution >= 0.6 is 0 Å². The van der Waals surface area contributed by atoms with Crippen LogP contribution in [0.25, 0.3) is 0 Å². The van der Waals surface area contributed by atoms with E-state index in [0.717, 1.165) is 21.9 Å². The second-order valence-electron chi connectivity index (χ2n) is 7.86. The molecule has 0 aromatic heterocycles. The van der Waals surface area contributed by atoms with Crippen LogP contribution in [0.15, 0.2) is 59.8 Å². The number of hydrogen-bond acceptors (Lipinski definition) is 4. The van der Waals surface area contributed by atoms with Gasteiger partial charge in [-0.15, -0.1) is 0 Å². The quantitative estimate of drug-likeness (QED) is 0.678. The number of carbonyl (C=O) groups excluding carboxylic acids is 3. The molecular weight excluding hydrogens is 449 g/mol. The van der Waals surface area contributed by atoms with Crippen LogP contribution in [0, 0.1) is 11.3 Å². The van der Waals surface area contributed by atoms with Crippen LogP contribution in [0.3, 0.4) is 0 Å². The normalized spacial score (nSPS) is 18.5. The van der Waals surface area contributed by atoms with E-state index in [1.54, 1.807) is 12.1 Å². The number of amides is 4. The molecule has 34 heavy (non-hydrogen) atoms. The molecule has 0 spiro atoms. The van der Waals surface area contributed by atoms with Gasteiger partial charge in [0.25, 0.3) is 0 Å². The van der Waals surface area contributed by atoms with Crippen LogP contribution in [0.1, 0.15) is 42.0 Å². The Labute approximate surface area is 193 Å². The number of imide groups is 1. The summed E-state index contributed by atoms with van der Waals surface area (Å²) in [6.45, 7) is 0. The first-order valence-electron chi connectivity index (χ1n) is 10.5. The summed E-state index contributed by atoms with van der Waals surface area (Å²) in [5, 5.41) is 11.5. The van der Waals surface area contributed by atoms with E-state index in [1.807, 2.05) is 6.07 Å². The minimum absolute atomic E-state index is 0.0887. The highest BCUT2D eigenvalue weighted by Crippen LogP contribution is 2.44. The van der Waals surface area contributed by atoms with Crippen molar-refractivity contribution in [3.63, 3.8) is 0 Å². The number of anilines is 1. The van der Waals surface area contributed by atoms with Crippen molar-refractivity contribution < 1.29 is 27.6 Å². The van der Waals surface area contributed by atoms with Crippen molar-refractivity contribution in [2.45, 2.75) is 31.5 Å². The third kappa shape index (κ3) is 3.90. The van der Waals surface area contributed by atoms with Gasteiger partial charge in [-0.1, -0.05) is 18.2 Å². The first kappa shape index (κ1) is 23.0. The van der Waals surface area contributed by atoms with Gasteiger partial charge < -0.3 is 5.32 Å². The first-order chi connectivity index (χ1) is 16.2. The highest BCUT2D eigenvalue weighted by molar-refractivity contribution is 6.11. The Morgan fingerprint density at radius 1 is 1.12 bits per heavy atom. The fourth-order valence-electron chi connectivity index (χ4n) is 4.32. The number of benzene rings is 2. The lowest BCUT2D eigenvalue weighted by Crippen LogP contribution is -2.56. The van der Waals surface area contributed by atoms with Crippen molar-refractivity contribution in [3.8, 4) is 6.07 Å². The van der Waals surface area contributed by atoms with Gasteiger partial charge in [-0.3, -0.25) is 9.69 Å². The summed E-state index contributed by atoms with van der Waals surface area (Å²) in [7, 11) is 1.31. The van der Waals surface area contributed by atoms with E-state index < -0.39 is 29.8 Å². The zero-order valence-electron chi connectivity index (χ0n) is 18.0. The summed E-state index contributed by atoms with van der Waals surface area (Å²) in [5.41, 5.74) is 0.193. The molecule has 4 amide bonds. The largest absolute Gasteiger partial charge is 0.416 e. The van der Waals surface area contributed by atoms with Gasteiger partial charge in [-0.2, -0.15) is 18.4 Å². The van der Waals surface area contributed by atoms with E-state index in [0.29, 0.717) is 17.5 Å². The van der Waals surface area contributed by atoms with Crippen LogP contribution < -0.4 is 10.2 Å². The molecule has 1 atom stereocenters. The lowest BCUT2D eigenvalue weighted by molar-refractivity contribution is -0.137. The lowest BCUT2D eigenvalue weighted by Gasteiger charge is -2.44. The molecule has 2 aromatic carbocycles. The average Bonchev–Trinajstić information content (AvgIpc) is 2.82. The molecule has 0 fully saturated rings. The molecule has 1 aliphatic carbocycles. The maximum absolute atomic E-state index is 13.7. The molecule has 7 nitrogen and oxygen atoms in total. The summed E-state index contributed by atoms with van der Waals surface area (Å²) in [6.07, 6.45) is -3.77. The molecule has 1 N–H and O–H groups in total. The number of urea groups is 2. The Bertz CT molecular complexity index is 1250. The van der Waals surface area contributed by atoms with Crippen molar-refractivity contribution in [2.24, 2.45) is 0 Å². The summed E-state index contributed by atoms with van der Waals surface area (Å²) in [5.74, 6) is -0.297. The molecule has 1 aliphatic heterocycles. The van der Waals surface area contributed by atoms with Crippen LogP contribution in [0.2, 0.25) is 0 Å². The van der Waals surface area contributed by atoms with Gasteiger partial charge in [0.15, 0.2) is 5.78 Å². The molecule has 0 saturated carbocycles. The van der Waals surface area contributed by atoms with Gasteiger partial charge in [0, 0.05) is 24.7 Å². The van der Waals surface area contributed by atoms with Crippen molar-refractivity contribution >= 4 is 23.5 Å². The SMILES string of the molecule is CNC(=O)N1C(=O)N(c2cccc(C(F)(F)F)c2)C2=C(C(=O)CCC2)C1c1ccc(C#N)cc1. The fraction of sp³-hybridized carbons (Fsp3) is 0.250. The van der Waals surface area contributed by atoms with E-state index in [9.17, 15) is 27.6 Å². The highest BCUT2D eigenvalue weighted by atomic mass is 19.4. The number of allylic oxidation sites excluding steroid dienone is 1. The predicted molar refractivity (Wildman–Crippen MR) is 115 cm³/mol. The molecule has 0 saturated heterocycles. The van der Waals surface area contributed by atoms with Crippen LogP contribution in [-0.4, -0.2) is 29.8 Å². The second kappa shape index (κ2) is 8.67. The number of rotatable bonds is 2. The molecule has 2 aromatic rings. The highest BCUT2D eigenvalue weighted by Gasteiger charge is 2.47. The number of alkyl halides is 3. The molecular formula is C24H19F3N4O3. The van der Waals surface area contributed by atoms with Crippen molar-refractivity contribution in [1.82, 2.24) is 10.2 Å². The maximum atomic E-state index is 13.7. The fourth-order valence-corrected chi connectivity index (χ4v) is 4.32. The minimum atomic E-state index is -4.64. The third-order valence-electron chi connectivity index (χ3n) is 5.85. The van der Waals surface area contributed by atoms with Gasteiger partial charge in [0.1, 0.15) is 0 Å². The smallest absolute Gasteiger partial charge is 0.341 e. The first-order valence-corrected chi connectivity index (χ1v) is 10.5. The zero-order chi connectivity index (χ0) is 24.6. The van der Waals surface area contributed by atoms with E-state index in [4.69, 9.17) is 5.26 Å². The van der Waals surface area contributed by atoms with E-state index in [2.05, 4.69) is 5.32 Å². The Hall–Kier alpha value is -4.13. The number of nitrogens with one attached hydrogen (secondary N) is 1. The van der Waals surface area contributed by atoms with Crippen molar-refractivity contribution in [2.75, 3.05) is 11.9 Å². The molecule has 0 radical (unpaired) electrons. The molecule has 174 valence electrons. The molecule has 4 rings (SSSR count). The molecule has 1 heterocycles. The third-order valence-corrected chi connectivity index (χ3v) is 5.85. The topological polar surface area (TPSA) is 93.5 Å². The Kier molecular flexibility index (Phi) is 5.87. The summed E-state index contributed by atoms with van der Waals surface area (Å²) in [6, 6.07) is 9.56. The van der Waals surface area contributed by atoms with Crippen LogP contribution in [0.4, 0.5) is 28.4 Å². The minimum Gasteiger partial charge on any atom is -0.341 e. The number of carbonyl (C=O) groups is 3. The summed E-state index contributed by atoms with van der Waals surface area (Å²) < 4.78 is 40.1. The second-order valence-corrected chi connectivity index (χ2v) is 7.86. The number of Topliss-reactive ketones (excluding diaryl/α,β-unsaturated/α-hetero) is 1. The zero-order valence-corrected chi connectivity index (χ0v) is 18.0. The van der Waals surface area contributed by atoms with Crippen LogP contribution in [-0.2, 0) is 11.0 Å². The maximum Gasteiger partial charge on any atom is 0.416 e. The van der Waals surface area contributed by atoms with E-state index >= 15 is 0 Å². The van der Waals surface area contributed by atoms with Gasteiger partial charge in [0.2, 0.25) is 0 Å². The molecule has 10 heteroatoms. The van der Waals surface area contributed by atoms with Gasteiger partial charge >= 0.3 is 18.2 Å². The van der Waals surface area contributed by atoms with Gasteiger partial charge in [-0.25, -0.2) is 14.5 Å². The van der Waals surface area contributed by atoms with E-state index in [-0.39, 0.29) is 35.6 Å². The van der Waals surface area contributed by atoms with E-state index in [1.165, 1.54) is 31.3 Å². The standard InChI is InChI=1S/C24H19F3N4O3/c1-29-22(33)31-21(15-10-8-14(13-28)9-11-15)20-18(6-3-7-19(20)32)30(23(31)34)17-5-2-4-16(12-17)24(25,26)27/h2,4-5,8-12,21H,3,6-7H2,1H3,(H,29,33). The van der Waals surface area contributed by atoms with Crippen LogP contribution in [0.5, 0.6) is 0 Å². The van der Waals surface area contributed by atoms with Gasteiger partial charge in [0.05, 0.1) is 28.9 Å². The monoisotopic (exact) mass is 468 g/mol. The Balaban J connectivity index is 1.96. The number of hydrogen-bond donors (Lipinski definition) is 1. The molecule has 0 bridgehead atoms. The number of nitrogens with zero attached hydrogens (tertiary/aromatic N) is 3. The summed E-state index contributed by atoms with van der Waals surface area (Å²) in [4.78, 5) is 41.5. The Morgan fingerprint density at radius 3 is 2.44 bits per heavy atom. The van der Waals surface area contributed by atoms with Crippen molar-refractivity contribution in [1.29, 1.82) is 5.26 Å².